The molecule has 0 aliphatic heterocycles. The Hall–Kier alpha value is -3.49. The fourth-order valence-corrected chi connectivity index (χ4v) is 4.37. The minimum Gasteiger partial charge on any atom is -0.481 e. The van der Waals surface area contributed by atoms with E-state index in [2.05, 4.69) is 10.6 Å². The van der Waals surface area contributed by atoms with E-state index < -0.39 is 42.9 Å². The molecule has 3 N–H and O–H groups in total. The number of aliphatic carboxylic acids is 1. The van der Waals surface area contributed by atoms with Gasteiger partial charge in [-0.15, -0.1) is 0 Å². The van der Waals surface area contributed by atoms with Crippen molar-refractivity contribution in [3.63, 3.8) is 0 Å². The highest BCUT2D eigenvalue weighted by Crippen LogP contribution is 2.44. The van der Waals surface area contributed by atoms with Gasteiger partial charge in [0.05, 0.1) is 12.8 Å². The molecule has 1 aliphatic rings. The highest BCUT2D eigenvalue weighted by Gasteiger charge is 2.31. The highest BCUT2D eigenvalue weighted by molar-refractivity contribution is 5.80. The molecule has 0 saturated carbocycles. The first-order valence-electron chi connectivity index (χ1n) is 11.7. The number of fused-ring (bicyclic) bond motifs is 3. The summed E-state index contributed by atoms with van der Waals surface area (Å²) in [6, 6.07) is 13.1. The summed E-state index contributed by atoms with van der Waals surface area (Å²) in [7, 11) is 0. The van der Waals surface area contributed by atoms with Gasteiger partial charge in [-0.05, 0) is 28.7 Å². The molecule has 35 heavy (non-hydrogen) atoms. The molecule has 188 valence electrons. The first kappa shape index (κ1) is 26.1. The summed E-state index contributed by atoms with van der Waals surface area (Å²) in [6.45, 7) is 1.88. The smallest absolute Gasteiger partial charge is 0.407 e. The standard InChI is InChI=1S/C26H30F2N2O5/c1-2-3-8-16(13-24(32)33)29-23(31)14-22(25(27)28)30-26(34)35-15-21-19-11-6-4-9-17(19)18-10-5-7-12-20(18)21/h4-7,9-12,16,21-22,25H,2-3,8,13-15H2,1H3,(H,29,31)(H,30,34)(H,32,33)/t16-,22?/m0/s1. The van der Waals surface area contributed by atoms with Crippen LogP contribution < -0.4 is 10.6 Å². The van der Waals surface area contributed by atoms with Crippen LogP contribution in [0.3, 0.4) is 0 Å². The second kappa shape index (κ2) is 12.3. The second-order valence-electron chi connectivity index (χ2n) is 8.62. The van der Waals surface area contributed by atoms with Gasteiger partial charge in [0.15, 0.2) is 0 Å². The predicted octanol–water partition coefficient (Wildman–Crippen LogP) is 4.70. The minimum absolute atomic E-state index is 0.0419. The molecule has 7 nitrogen and oxygen atoms in total. The number of alkyl halides is 2. The third-order valence-corrected chi connectivity index (χ3v) is 6.05. The first-order chi connectivity index (χ1) is 16.8. The number of carbonyl (C=O) groups excluding carboxylic acids is 2. The van der Waals surface area contributed by atoms with E-state index in [0.29, 0.717) is 12.8 Å². The zero-order valence-corrected chi connectivity index (χ0v) is 19.5. The van der Waals surface area contributed by atoms with Crippen molar-refractivity contribution in [2.45, 2.75) is 63.5 Å². The van der Waals surface area contributed by atoms with Crippen LogP contribution in [0.1, 0.15) is 56.1 Å². The zero-order chi connectivity index (χ0) is 25.4. The summed E-state index contributed by atoms with van der Waals surface area (Å²) in [4.78, 5) is 35.7. The molecule has 0 heterocycles. The van der Waals surface area contributed by atoms with E-state index >= 15 is 0 Å². The van der Waals surface area contributed by atoms with Crippen molar-refractivity contribution >= 4 is 18.0 Å². The van der Waals surface area contributed by atoms with E-state index in [4.69, 9.17) is 9.84 Å². The van der Waals surface area contributed by atoms with Crippen LogP contribution in [0, 0.1) is 0 Å². The normalized spacial score (nSPS) is 14.1. The van der Waals surface area contributed by atoms with E-state index in [-0.39, 0.29) is 18.9 Å². The van der Waals surface area contributed by atoms with Crippen LogP contribution in [-0.2, 0) is 14.3 Å². The fourth-order valence-electron chi connectivity index (χ4n) is 4.37. The number of amides is 2. The van der Waals surface area contributed by atoms with Crippen LogP contribution in [0.25, 0.3) is 11.1 Å². The summed E-state index contributed by atoms with van der Waals surface area (Å²) in [5, 5.41) is 13.6. The molecule has 0 bridgehead atoms. The van der Waals surface area contributed by atoms with Gasteiger partial charge >= 0.3 is 12.1 Å². The maximum atomic E-state index is 13.6. The van der Waals surface area contributed by atoms with Gasteiger partial charge in [-0.1, -0.05) is 68.3 Å². The van der Waals surface area contributed by atoms with E-state index in [1.807, 2.05) is 55.5 Å². The van der Waals surface area contributed by atoms with Crippen LogP contribution in [-0.4, -0.2) is 48.2 Å². The number of ether oxygens (including phenoxy) is 1. The minimum atomic E-state index is -3.00. The van der Waals surface area contributed by atoms with Crippen molar-refractivity contribution in [3.8, 4) is 11.1 Å². The number of carbonyl (C=O) groups is 3. The van der Waals surface area contributed by atoms with Gasteiger partial charge in [0.2, 0.25) is 5.91 Å². The van der Waals surface area contributed by atoms with Crippen molar-refractivity contribution in [2.75, 3.05) is 6.61 Å². The average Bonchev–Trinajstić information content (AvgIpc) is 3.14. The molecule has 0 aromatic heterocycles. The Morgan fingerprint density at radius 2 is 1.57 bits per heavy atom. The number of rotatable bonds is 12. The summed E-state index contributed by atoms with van der Waals surface area (Å²) >= 11 is 0. The lowest BCUT2D eigenvalue weighted by atomic mass is 9.98. The number of halogens is 2. The first-order valence-corrected chi connectivity index (χ1v) is 11.7. The lowest BCUT2D eigenvalue weighted by Crippen LogP contribution is -2.46. The molecule has 2 aromatic rings. The Morgan fingerprint density at radius 1 is 0.971 bits per heavy atom. The van der Waals surface area contributed by atoms with Crippen LogP contribution in [0.4, 0.5) is 13.6 Å². The second-order valence-corrected chi connectivity index (χ2v) is 8.62. The van der Waals surface area contributed by atoms with Gasteiger partial charge in [0, 0.05) is 12.0 Å². The molecule has 3 rings (SSSR count). The topological polar surface area (TPSA) is 105 Å². The van der Waals surface area contributed by atoms with Gasteiger partial charge in [0.1, 0.15) is 12.6 Å². The molecule has 9 heteroatoms. The number of carboxylic acids is 1. The quantitative estimate of drug-likeness (QED) is 0.402. The van der Waals surface area contributed by atoms with Crippen LogP contribution in [0.2, 0.25) is 0 Å². The fraction of sp³-hybridized carbons (Fsp3) is 0.423. The van der Waals surface area contributed by atoms with Gasteiger partial charge in [-0.3, -0.25) is 9.59 Å². The maximum Gasteiger partial charge on any atom is 0.407 e. The number of hydrogen-bond acceptors (Lipinski definition) is 4. The number of unbranched alkanes of at least 4 members (excludes halogenated alkanes) is 1. The number of nitrogens with one attached hydrogen (secondary N) is 2. The summed E-state index contributed by atoms with van der Waals surface area (Å²) in [5.74, 6) is -2.07. The average molecular weight is 489 g/mol. The van der Waals surface area contributed by atoms with E-state index in [1.165, 1.54) is 0 Å². The van der Waals surface area contributed by atoms with Crippen molar-refractivity contribution in [3.05, 3.63) is 59.7 Å². The van der Waals surface area contributed by atoms with Crippen molar-refractivity contribution < 1.29 is 33.0 Å². The molecule has 1 unspecified atom stereocenters. The van der Waals surface area contributed by atoms with E-state index in [9.17, 15) is 23.2 Å². The maximum absolute atomic E-state index is 13.6. The third kappa shape index (κ3) is 7.00. The van der Waals surface area contributed by atoms with Crippen LogP contribution in [0.15, 0.2) is 48.5 Å². The third-order valence-electron chi connectivity index (χ3n) is 6.05. The number of benzene rings is 2. The van der Waals surface area contributed by atoms with Gasteiger partial charge in [-0.25, -0.2) is 13.6 Å². The molecule has 0 saturated heterocycles. The van der Waals surface area contributed by atoms with E-state index in [1.54, 1.807) is 0 Å². The Balaban J connectivity index is 1.57. The lowest BCUT2D eigenvalue weighted by molar-refractivity contribution is -0.137. The molecule has 0 fully saturated rings. The zero-order valence-electron chi connectivity index (χ0n) is 19.5. The van der Waals surface area contributed by atoms with Crippen molar-refractivity contribution in [2.24, 2.45) is 0 Å². The summed E-state index contributed by atoms with van der Waals surface area (Å²) < 4.78 is 32.4. The number of hydrogen-bond donors (Lipinski definition) is 3. The monoisotopic (exact) mass is 488 g/mol. The van der Waals surface area contributed by atoms with Gasteiger partial charge < -0.3 is 20.5 Å². The Morgan fingerprint density at radius 3 is 2.11 bits per heavy atom. The molecule has 2 atom stereocenters. The predicted molar refractivity (Wildman–Crippen MR) is 126 cm³/mol. The molecule has 0 radical (unpaired) electrons. The molecule has 1 aliphatic carbocycles. The Bertz CT molecular complexity index is 1000. The Labute approximate surface area is 202 Å². The molecule has 2 amide bonds. The highest BCUT2D eigenvalue weighted by atomic mass is 19.3. The lowest BCUT2D eigenvalue weighted by Gasteiger charge is -2.21. The summed E-state index contributed by atoms with van der Waals surface area (Å²) in [6.07, 6.45) is -3.13. The SMILES string of the molecule is CCCC[C@@H](CC(=O)O)NC(=O)CC(NC(=O)OCC1c2ccccc2-c2ccccc21)C(F)F. The summed E-state index contributed by atoms with van der Waals surface area (Å²) in [5.41, 5.74) is 4.06. The molecular weight excluding hydrogens is 458 g/mol. The number of carboxylic acid groups (broad SMARTS) is 1. The van der Waals surface area contributed by atoms with Crippen LogP contribution in [0.5, 0.6) is 0 Å². The van der Waals surface area contributed by atoms with Crippen molar-refractivity contribution in [1.82, 2.24) is 10.6 Å². The van der Waals surface area contributed by atoms with Crippen molar-refractivity contribution in [1.29, 1.82) is 0 Å². The molecular formula is C26H30F2N2O5. The van der Waals surface area contributed by atoms with Gasteiger partial charge in [-0.2, -0.15) is 0 Å². The largest absolute Gasteiger partial charge is 0.481 e. The Kier molecular flexibility index (Phi) is 9.17. The molecule has 0 spiro atoms. The molecule has 2 aromatic carbocycles. The van der Waals surface area contributed by atoms with Crippen LogP contribution >= 0.6 is 0 Å². The van der Waals surface area contributed by atoms with E-state index in [0.717, 1.165) is 28.7 Å². The number of alkyl carbamates (subject to hydrolysis) is 1. The van der Waals surface area contributed by atoms with Gasteiger partial charge in [0.25, 0.3) is 6.43 Å².